The molecule has 0 radical (unpaired) electrons. The molecule has 5 aliphatic rings. The quantitative estimate of drug-likeness (QED) is 0.257. The van der Waals surface area contributed by atoms with Crippen molar-refractivity contribution in [1.29, 1.82) is 0 Å². The van der Waals surface area contributed by atoms with Gasteiger partial charge in [-0.3, -0.25) is 19.3 Å². The molecule has 1 saturated heterocycles. The third-order valence-electron chi connectivity index (χ3n) is 13.6. The fraction of sp³-hybridized carbons (Fsp3) is 0.636. The summed E-state index contributed by atoms with van der Waals surface area (Å²) in [5.41, 5.74) is 3.49. The van der Waals surface area contributed by atoms with E-state index >= 15 is 0 Å². The van der Waals surface area contributed by atoms with Crippen LogP contribution in [-0.2, 0) is 26.3 Å². The number of carbonyl (C=O) groups is 1. The van der Waals surface area contributed by atoms with Crippen molar-refractivity contribution in [2.24, 2.45) is 17.8 Å². The first-order valence-electron chi connectivity index (χ1n) is 20.4. The van der Waals surface area contributed by atoms with E-state index in [1.807, 2.05) is 25.1 Å². The molecule has 1 N–H and O–H groups in total. The molecule has 8 nitrogen and oxygen atoms in total. The van der Waals surface area contributed by atoms with Crippen molar-refractivity contribution >= 4 is 38.8 Å². The van der Waals surface area contributed by atoms with Gasteiger partial charge in [0.1, 0.15) is 11.4 Å². The molecule has 1 amide bonds. The minimum absolute atomic E-state index is 0.0340. The van der Waals surface area contributed by atoms with Crippen molar-refractivity contribution in [1.82, 2.24) is 14.5 Å². The van der Waals surface area contributed by atoms with Crippen molar-refractivity contribution in [3.8, 4) is 5.75 Å². The summed E-state index contributed by atoms with van der Waals surface area (Å²) < 4.78 is 30.8. The van der Waals surface area contributed by atoms with E-state index in [4.69, 9.17) is 21.1 Å². The number of aryl methyl sites for hydroxylation is 1. The molecular weight excluding hydrogens is 716 g/mol. The second-order valence-corrected chi connectivity index (χ2v) is 20.9. The molecule has 7 atom stereocenters. The summed E-state index contributed by atoms with van der Waals surface area (Å²) >= 11 is 6.54. The van der Waals surface area contributed by atoms with Crippen molar-refractivity contribution in [3.05, 3.63) is 70.3 Å². The lowest BCUT2D eigenvalue weighted by Gasteiger charge is -2.53. The number of hydrogen-bond acceptors (Lipinski definition) is 7. The maximum absolute atomic E-state index is 14.1. The lowest BCUT2D eigenvalue weighted by atomic mass is 9.63. The highest BCUT2D eigenvalue weighted by Gasteiger charge is 2.50. The second kappa shape index (κ2) is 15.4. The SMILES string of the molecule is C=S1(=O)NC(=O)c2ccc3c(c2)N(C[C@@H]2CC[C@H]2[C@](CN2CCN(C(C)(C)C)CC2)(OCC)/C=C/C[C@H](C)[C@H]1C)C[C@@]1(CCCc2cc(Cl)ccc21)CO3. The first-order chi connectivity index (χ1) is 25.6. The van der Waals surface area contributed by atoms with Crippen LogP contribution >= 0.6 is 11.6 Å². The number of nitrogens with one attached hydrogen (secondary N) is 1. The largest absolute Gasteiger partial charge is 0.490 e. The molecule has 2 aliphatic carbocycles. The zero-order valence-electron chi connectivity index (χ0n) is 33.5. The molecule has 1 spiro atoms. The minimum atomic E-state index is -2.96. The van der Waals surface area contributed by atoms with E-state index < -0.39 is 15.3 Å². The van der Waals surface area contributed by atoms with Gasteiger partial charge in [0, 0.05) is 79.2 Å². The first kappa shape index (κ1) is 39.7. The summed E-state index contributed by atoms with van der Waals surface area (Å²) in [4.78, 5) is 21.6. The highest BCUT2D eigenvalue weighted by molar-refractivity contribution is 7.99. The molecule has 296 valence electrons. The predicted molar refractivity (Wildman–Crippen MR) is 224 cm³/mol. The monoisotopic (exact) mass is 778 g/mol. The van der Waals surface area contributed by atoms with Crippen LogP contribution in [-0.4, -0.2) is 101 Å². The lowest BCUT2D eigenvalue weighted by molar-refractivity contribution is -0.114. The maximum Gasteiger partial charge on any atom is 0.262 e. The number of fused-ring (bicyclic) bond motifs is 4. The van der Waals surface area contributed by atoms with Gasteiger partial charge in [-0.05, 0) is 138 Å². The van der Waals surface area contributed by atoms with Gasteiger partial charge in [0.15, 0.2) is 0 Å². The van der Waals surface area contributed by atoms with Crippen LogP contribution < -0.4 is 14.4 Å². The summed E-state index contributed by atoms with van der Waals surface area (Å²) in [6, 6.07) is 12.1. The topological polar surface area (TPSA) is 74.4 Å². The number of piperazine rings is 1. The number of halogens is 1. The highest BCUT2D eigenvalue weighted by atomic mass is 35.5. The molecule has 2 aromatic rings. The van der Waals surface area contributed by atoms with Crippen LogP contribution in [0.1, 0.15) is 95.1 Å². The smallest absolute Gasteiger partial charge is 0.262 e. The molecule has 10 heteroatoms. The van der Waals surface area contributed by atoms with Gasteiger partial charge in [-0.1, -0.05) is 36.7 Å². The van der Waals surface area contributed by atoms with Gasteiger partial charge in [-0.2, -0.15) is 0 Å². The van der Waals surface area contributed by atoms with E-state index in [9.17, 15) is 9.00 Å². The number of carbonyl (C=O) groups excluding carboxylic acids is 1. The van der Waals surface area contributed by atoms with Crippen molar-refractivity contribution < 1.29 is 18.5 Å². The summed E-state index contributed by atoms with van der Waals surface area (Å²) in [6.45, 7) is 20.9. The Labute approximate surface area is 330 Å². The summed E-state index contributed by atoms with van der Waals surface area (Å²) in [5, 5.41) is 0.440. The van der Waals surface area contributed by atoms with Crippen LogP contribution in [0.5, 0.6) is 5.75 Å². The number of rotatable bonds is 4. The van der Waals surface area contributed by atoms with Gasteiger partial charge in [0.05, 0.1) is 22.0 Å². The molecule has 1 saturated carbocycles. The molecule has 54 heavy (non-hydrogen) atoms. The van der Waals surface area contributed by atoms with Crippen LogP contribution in [0.4, 0.5) is 5.69 Å². The van der Waals surface area contributed by atoms with Gasteiger partial charge in [0.25, 0.3) is 5.91 Å². The van der Waals surface area contributed by atoms with E-state index in [-0.39, 0.29) is 28.0 Å². The number of nitrogens with zero attached hydrogens (tertiary/aromatic N) is 3. The number of allylic oxidation sites excluding steroid dienone is 1. The number of benzene rings is 2. The van der Waals surface area contributed by atoms with Gasteiger partial charge >= 0.3 is 0 Å². The summed E-state index contributed by atoms with van der Waals surface area (Å²) in [5.74, 6) is 5.25. The molecule has 3 heterocycles. The molecule has 1 unspecified atom stereocenters. The number of hydrogen-bond donors (Lipinski definition) is 1. The Bertz CT molecular complexity index is 1840. The van der Waals surface area contributed by atoms with Gasteiger partial charge < -0.3 is 14.4 Å². The fourth-order valence-corrected chi connectivity index (χ4v) is 11.7. The Balaban J connectivity index is 1.30. The van der Waals surface area contributed by atoms with Crippen LogP contribution in [0, 0.1) is 17.8 Å². The molecule has 0 aromatic heterocycles. The first-order valence-corrected chi connectivity index (χ1v) is 22.6. The van der Waals surface area contributed by atoms with Crippen molar-refractivity contribution in [3.63, 3.8) is 0 Å². The van der Waals surface area contributed by atoms with E-state index in [0.29, 0.717) is 30.6 Å². The Morgan fingerprint density at radius 2 is 1.87 bits per heavy atom. The Morgan fingerprint density at radius 3 is 2.57 bits per heavy atom. The van der Waals surface area contributed by atoms with Gasteiger partial charge in [0.2, 0.25) is 0 Å². The van der Waals surface area contributed by atoms with E-state index in [1.165, 1.54) is 11.1 Å². The van der Waals surface area contributed by atoms with E-state index in [1.54, 1.807) is 6.07 Å². The van der Waals surface area contributed by atoms with Gasteiger partial charge in [-0.15, -0.1) is 0 Å². The third kappa shape index (κ3) is 7.87. The summed E-state index contributed by atoms with van der Waals surface area (Å²) in [7, 11) is -2.96. The average Bonchev–Trinajstić information content (AvgIpc) is 3.25. The Morgan fingerprint density at radius 1 is 1.09 bits per heavy atom. The number of anilines is 1. The zero-order valence-corrected chi connectivity index (χ0v) is 35.1. The van der Waals surface area contributed by atoms with Crippen molar-refractivity contribution in [2.45, 2.75) is 102 Å². The predicted octanol–water partition coefficient (Wildman–Crippen LogP) is 7.38. The van der Waals surface area contributed by atoms with Crippen LogP contribution in [0.25, 0.3) is 0 Å². The van der Waals surface area contributed by atoms with Gasteiger partial charge in [-0.25, -0.2) is 4.21 Å². The average molecular weight is 780 g/mol. The molecule has 2 fully saturated rings. The molecule has 2 bridgehead atoms. The molecular formula is C44H63ClN4O4S. The fourth-order valence-electron chi connectivity index (χ4n) is 10.0. The summed E-state index contributed by atoms with van der Waals surface area (Å²) in [6.07, 6.45) is 10.7. The maximum atomic E-state index is 14.1. The number of ether oxygens (including phenoxy) is 2. The standard InChI is InChI=1S/C44H63ClN4O4S/c1-8-53-44(29-47-21-23-49(24-22-47)42(4,5)6)20-9-11-31(2)32(3)54(7,51)46-41(50)34-14-18-40-39(26-34)48(27-35-13-16-38(35)44)28-43(30-52-40)19-10-12-33-25-36(45)15-17-37(33)43/h9,14-15,17-18,20,25-26,31-32,35,38H,7-8,10-13,16,19,21-24,27-30H2,1-6H3,(H,46,50,51)/b20-9+/t31-,32+,35-,38+,43-,44-,54?/m0/s1. The molecule has 7 rings (SSSR count). The molecule has 2 aromatic carbocycles. The zero-order chi connectivity index (χ0) is 38.5. The number of amides is 1. The highest BCUT2D eigenvalue weighted by Crippen LogP contribution is 2.49. The van der Waals surface area contributed by atoms with E-state index in [0.717, 1.165) is 101 Å². The van der Waals surface area contributed by atoms with Crippen LogP contribution in [0.2, 0.25) is 5.02 Å². The van der Waals surface area contributed by atoms with Crippen molar-refractivity contribution in [2.75, 3.05) is 63.9 Å². The van der Waals surface area contributed by atoms with E-state index in [2.05, 4.69) is 84.2 Å². The minimum Gasteiger partial charge on any atom is -0.490 e. The van der Waals surface area contributed by atoms with Crippen LogP contribution in [0.3, 0.4) is 0 Å². The van der Waals surface area contributed by atoms with Crippen LogP contribution in [0.15, 0.2) is 48.6 Å². The Hall–Kier alpha value is -2.56. The lowest BCUT2D eigenvalue weighted by Crippen LogP contribution is -2.60. The molecule has 3 aliphatic heterocycles. The Kier molecular flexibility index (Phi) is 11.3. The third-order valence-corrected chi connectivity index (χ3v) is 16.0. The second-order valence-electron chi connectivity index (χ2n) is 18.0. The normalized spacial score (nSPS) is 34.5.